The third-order valence-electron chi connectivity index (χ3n) is 9.29. The minimum atomic E-state index is -0.296. The molecule has 0 radical (unpaired) electrons. The van der Waals surface area contributed by atoms with E-state index in [2.05, 4.69) is 9.78 Å². The molecule has 0 spiro atoms. The fourth-order valence-electron chi connectivity index (χ4n) is 5.78. The summed E-state index contributed by atoms with van der Waals surface area (Å²) in [6.45, 7) is 1.22. The maximum absolute atomic E-state index is 12.2. The van der Waals surface area contributed by atoms with Crippen LogP contribution in [0.25, 0.3) is 12.2 Å². The normalized spacial score (nSPS) is 9.42. The van der Waals surface area contributed by atoms with Crippen molar-refractivity contribution >= 4 is 97.1 Å². The van der Waals surface area contributed by atoms with Crippen LogP contribution < -0.4 is 5.26 Å². The number of aromatic hydroxyl groups is 1. The van der Waals surface area contributed by atoms with Crippen LogP contribution in [0.15, 0.2) is 158 Å². The van der Waals surface area contributed by atoms with Crippen LogP contribution in [-0.2, 0) is 42.4 Å². The molecule has 6 aromatic carbocycles. The largest absolute Gasteiger partial charge is 2.00 e. The molecule has 0 saturated heterocycles. The number of halogens is 1. The van der Waals surface area contributed by atoms with Crippen molar-refractivity contribution in [3.8, 4) is 5.75 Å². The molecule has 18 heteroatoms. The molecule has 0 aliphatic carbocycles. The van der Waals surface area contributed by atoms with Gasteiger partial charge in [0, 0.05) is 42.0 Å². The van der Waals surface area contributed by atoms with Gasteiger partial charge in [0.15, 0.2) is 17.3 Å². The second-order valence-electron chi connectivity index (χ2n) is 13.8. The second-order valence-corrected chi connectivity index (χ2v) is 13.8. The molecule has 0 aliphatic rings. The van der Waals surface area contributed by atoms with Crippen LogP contribution in [-0.4, -0.2) is 146 Å². The molecule has 0 heterocycles. The zero-order valence-corrected chi connectivity index (χ0v) is 46.4. The van der Waals surface area contributed by atoms with Crippen LogP contribution >= 0.6 is 12.4 Å². The van der Waals surface area contributed by atoms with Crippen molar-refractivity contribution in [3.63, 3.8) is 0 Å². The van der Waals surface area contributed by atoms with E-state index in [4.69, 9.17) is 41.5 Å². The maximum atomic E-state index is 12.2. The van der Waals surface area contributed by atoms with Gasteiger partial charge in [-0.05, 0) is 95.6 Å². The zero-order chi connectivity index (χ0) is 52.5. The van der Waals surface area contributed by atoms with Gasteiger partial charge in [-0.1, -0.05) is 127 Å². The first-order valence-corrected chi connectivity index (χ1v) is 21.1. The number of ketones is 3. The number of aliphatic hydroxyl groups is 5. The van der Waals surface area contributed by atoms with Gasteiger partial charge in [-0.25, -0.2) is 9.78 Å². The van der Waals surface area contributed by atoms with E-state index in [0.29, 0.717) is 46.2 Å². The molecule has 0 unspecified atom stereocenters. The van der Waals surface area contributed by atoms with Crippen molar-refractivity contribution in [2.45, 2.75) is 39.6 Å². The Morgan fingerprint density at radius 2 is 0.836 bits per heavy atom. The quantitative estimate of drug-likeness (QED) is 0.00822. The Morgan fingerprint density at radius 3 is 1.16 bits per heavy atom. The molecule has 0 aliphatic heterocycles. The molecular weight excluding hydrogens is 1090 g/mol. The Labute approximate surface area is 473 Å². The van der Waals surface area contributed by atoms with Crippen molar-refractivity contribution in [1.29, 1.82) is 0 Å². The SMILES string of the molecule is CC(=O)c1ccc(CCOO)c(CO)c1.CO.CO.Cl.O=C(/C=C/c1ccccc1)c1ccc(CCOO)c(CO)c1.O=C(/C=C/c1ccccc1)c1ccc(O)c(CO)c1.O=Cc1ccccc1.[Ba+2].[CH3-].[O-]O. The monoisotopic (exact) mass is 1150 g/mol. The van der Waals surface area contributed by atoms with E-state index >= 15 is 0 Å². The van der Waals surface area contributed by atoms with Gasteiger partial charge in [-0.15, -0.1) is 12.4 Å². The van der Waals surface area contributed by atoms with Gasteiger partial charge in [-0.3, -0.25) is 29.7 Å². The number of carbonyl (C=O) groups is 4. The average molecular weight is 1150 g/mol. The van der Waals surface area contributed by atoms with E-state index in [1.54, 1.807) is 60.7 Å². The molecule has 9 N–H and O–H groups in total. The van der Waals surface area contributed by atoms with Crippen LogP contribution in [0.4, 0.5) is 0 Å². The van der Waals surface area contributed by atoms with Gasteiger partial charge in [0.25, 0.3) is 0 Å². The number of hydrogen-bond donors (Lipinski definition) is 9. The topological polar surface area (TPSA) is 292 Å². The van der Waals surface area contributed by atoms with Crippen LogP contribution in [0.5, 0.6) is 5.75 Å². The van der Waals surface area contributed by atoms with Crippen LogP contribution in [0.2, 0.25) is 0 Å². The number of aldehydes is 1. The Hall–Kier alpha value is -5.30. The fraction of sp³-hybridized carbons (Fsp3) is 0.182. The van der Waals surface area contributed by atoms with Gasteiger partial charge in [0.2, 0.25) is 0 Å². The summed E-state index contributed by atoms with van der Waals surface area (Å²) in [5, 5.41) is 80.6. The van der Waals surface area contributed by atoms with Crippen molar-refractivity contribution in [2.75, 3.05) is 27.4 Å². The number of phenols is 1. The summed E-state index contributed by atoms with van der Waals surface area (Å²) in [7, 11) is 2.00. The Kier molecular flexibility index (Phi) is 48.5. The first kappa shape index (κ1) is 74.2. The fourth-order valence-corrected chi connectivity index (χ4v) is 5.78. The molecule has 0 saturated carbocycles. The second kappa shape index (κ2) is 47.7. The molecule has 0 atom stereocenters. The number of allylic oxidation sites excluding steroid dienone is 2. The van der Waals surface area contributed by atoms with E-state index in [0.717, 1.165) is 48.3 Å². The van der Waals surface area contributed by atoms with Crippen LogP contribution in [0.3, 0.4) is 0 Å². The van der Waals surface area contributed by atoms with E-state index in [9.17, 15) is 29.4 Å². The van der Waals surface area contributed by atoms with E-state index in [1.165, 1.54) is 37.3 Å². The maximum Gasteiger partial charge on any atom is 2.00 e. The molecular formula is C55H65BaClO16. The summed E-state index contributed by atoms with van der Waals surface area (Å²) in [6.07, 6.45) is 8.29. The summed E-state index contributed by atoms with van der Waals surface area (Å²) in [5.41, 5.74) is 7.58. The van der Waals surface area contributed by atoms with Gasteiger partial charge in [-0.2, -0.15) is 0 Å². The number of aliphatic hydroxyl groups excluding tert-OH is 5. The molecule has 16 nitrogen and oxygen atoms in total. The molecule has 0 aromatic heterocycles. The first-order chi connectivity index (χ1) is 34.1. The van der Waals surface area contributed by atoms with Crippen molar-refractivity contribution in [3.05, 3.63) is 226 Å². The Balaban J connectivity index is -0.000000430. The third kappa shape index (κ3) is 30.5. The minimum absolute atomic E-state index is 0. The van der Waals surface area contributed by atoms with E-state index in [-0.39, 0.29) is 125 Å². The van der Waals surface area contributed by atoms with Gasteiger partial charge in [0.1, 0.15) is 12.0 Å². The molecule has 390 valence electrons. The predicted molar refractivity (Wildman–Crippen MR) is 283 cm³/mol. The zero-order valence-electron chi connectivity index (χ0n) is 41.2. The number of carbonyl (C=O) groups excluding carboxylic acids is 4. The molecule has 0 fully saturated rings. The summed E-state index contributed by atoms with van der Waals surface area (Å²) in [6, 6.07) is 42.9. The Bertz CT molecular complexity index is 2440. The van der Waals surface area contributed by atoms with Crippen molar-refractivity contribution in [2.24, 2.45) is 0 Å². The predicted octanol–water partition coefficient (Wildman–Crippen LogP) is 7.33. The number of benzene rings is 6. The first-order valence-electron chi connectivity index (χ1n) is 21.1. The van der Waals surface area contributed by atoms with Gasteiger partial charge in [0.05, 0.1) is 33.0 Å². The summed E-state index contributed by atoms with van der Waals surface area (Å²) >= 11 is 0. The molecule has 73 heavy (non-hydrogen) atoms. The van der Waals surface area contributed by atoms with Gasteiger partial charge >= 0.3 is 48.9 Å². The van der Waals surface area contributed by atoms with Crippen LogP contribution in [0, 0.1) is 7.43 Å². The summed E-state index contributed by atoms with van der Waals surface area (Å²) in [5.74, 6) is -0.331. The van der Waals surface area contributed by atoms with E-state index in [1.807, 2.05) is 78.9 Å². The number of hydrogen-bond acceptors (Lipinski definition) is 16. The minimum Gasteiger partial charge on any atom is -0.727 e. The molecule has 0 amide bonds. The standard InChI is InChI=1S/C18H18O4.C16H14O3.C11H14O4.C7H6O.2CH4O.CH3.Ba.ClH.H2O2/c19-13-17-12-16(8-7-15(17)10-11-22-21)18(20)9-6-14-4-2-1-3-5-14;17-11-14-10-13(7-9-16(14)19)15(18)8-6-12-4-2-1-3-5-12;1-8(13)10-3-2-9(4-5-15-14)11(6-10)7-12;8-6-7-4-2-1-3-5-7;2*1-2;;;;1-2/h1-9,12,19,21H,10-11,13H2;1-10,17,19H,11H2;2-3,6,12,14H,4-5,7H2,1H3;1-6H;2*2H,1H3;1H3;;1H;1-2H/q;;;;;;-1;+2;;/p-1/b9-6+;8-6+;;;;;;;;. The Morgan fingerprint density at radius 1 is 0.507 bits per heavy atom. The molecule has 6 rings (SSSR count). The van der Waals surface area contributed by atoms with Gasteiger partial charge < -0.3 is 48.6 Å². The summed E-state index contributed by atoms with van der Waals surface area (Å²) in [4.78, 5) is 53.2. The third-order valence-corrected chi connectivity index (χ3v) is 9.29. The number of rotatable bonds is 17. The molecule has 0 bridgehead atoms. The molecule has 6 aromatic rings. The smallest absolute Gasteiger partial charge is 0.727 e. The van der Waals surface area contributed by atoms with Crippen molar-refractivity contribution in [1.82, 2.24) is 0 Å². The van der Waals surface area contributed by atoms with E-state index < -0.39 is 0 Å². The van der Waals surface area contributed by atoms with Crippen LogP contribution in [0.1, 0.15) is 87.3 Å². The number of Topliss-reactive ketones (excluding diaryl/α,β-unsaturated/α-hetero) is 1. The van der Waals surface area contributed by atoms with Crippen molar-refractivity contribution < 1.29 is 80.6 Å². The average Bonchev–Trinajstić information content (AvgIpc) is 3.43. The summed E-state index contributed by atoms with van der Waals surface area (Å²) < 4.78 is 0.